The second-order valence-corrected chi connectivity index (χ2v) is 4.46. The van der Waals surface area contributed by atoms with Crippen molar-refractivity contribution in [1.82, 2.24) is 9.97 Å². The van der Waals surface area contributed by atoms with E-state index in [9.17, 15) is 0 Å². The minimum absolute atomic E-state index is 0.525. The van der Waals surface area contributed by atoms with Gasteiger partial charge in [0.25, 0.3) is 0 Å². The van der Waals surface area contributed by atoms with Gasteiger partial charge in [0.2, 0.25) is 0 Å². The van der Waals surface area contributed by atoms with Crippen molar-refractivity contribution in [3.63, 3.8) is 0 Å². The first-order valence-electron chi connectivity index (χ1n) is 5.98. The van der Waals surface area contributed by atoms with Crippen molar-refractivity contribution in [2.45, 2.75) is 5.88 Å². The fraction of sp³-hybridized carbons (Fsp3) is 0.0667. The zero-order valence-electron chi connectivity index (χ0n) is 10.2. The van der Waals surface area contributed by atoms with E-state index in [1.165, 1.54) is 0 Å². The van der Waals surface area contributed by atoms with Crippen LogP contribution in [0.15, 0.2) is 54.9 Å². The normalized spacial score (nSPS) is 10.6. The van der Waals surface area contributed by atoms with E-state index in [0.717, 1.165) is 28.0 Å². The summed E-state index contributed by atoms with van der Waals surface area (Å²) in [5.74, 6) is 1.33. The molecule has 0 spiro atoms. The lowest BCUT2D eigenvalue weighted by Crippen LogP contribution is -1.95. The number of alkyl halides is 1. The first kappa shape index (κ1) is 11.9. The summed E-state index contributed by atoms with van der Waals surface area (Å²) in [5, 5.41) is 4.31. The summed E-state index contributed by atoms with van der Waals surface area (Å²) in [7, 11) is 0. The molecular weight excluding hydrogens is 258 g/mol. The van der Waals surface area contributed by atoms with Gasteiger partial charge >= 0.3 is 0 Å². The van der Waals surface area contributed by atoms with Gasteiger partial charge < -0.3 is 5.32 Å². The highest BCUT2D eigenvalue weighted by molar-refractivity contribution is 6.17. The molecule has 3 nitrogen and oxygen atoms in total. The lowest BCUT2D eigenvalue weighted by molar-refractivity contribution is 1.22. The van der Waals surface area contributed by atoms with Gasteiger partial charge in [-0.05, 0) is 29.8 Å². The average molecular weight is 270 g/mol. The molecular formula is C15H12ClN3. The Morgan fingerprint density at radius 3 is 2.53 bits per heavy atom. The molecule has 0 unspecified atom stereocenters. The highest BCUT2D eigenvalue weighted by Crippen LogP contribution is 2.22. The van der Waals surface area contributed by atoms with Crippen molar-refractivity contribution in [2.24, 2.45) is 0 Å². The Kier molecular flexibility index (Phi) is 3.29. The molecule has 3 rings (SSSR count). The van der Waals surface area contributed by atoms with Crippen LogP contribution in [0.4, 0.5) is 11.5 Å². The number of fused-ring (bicyclic) bond motifs is 1. The van der Waals surface area contributed by atoms with Crippen molar-refractivity contribution in [2.75, 3.05) is 5.32 Å². The van der Waals surface area contributed by atoms with Gasteiger partial charge in [0.1, 0.15) is 12.1 Å². The first-order valence-corrected chi connectivity index (χ1v) is 6.52. The van der Waals surface area contributed by atoms with Crippen molar-refractivity contribution >= 4 is 34.0 Å². The zero-order chi connectivity index (χ0) is 13.1. The third-order valence-electron chi connectivity index (χ3n) is 2.91. The molecule has 1 N–H and O–H groups in total. The zero-order valence-corrected chi connectivity index (χ0v) is 10.9. The fourth-order valence-corrected chi connectivity index (χ4v) is 2.10. The van der Waals surface area contributed by atoms with Gasteiger partial charge in [-0.15, -0.1) is 11.6 Å². The SMILES string of the molecule is ClCc1ccc(Nc2ncnc3ccccc23)cc1. The largest absolute Gasteiger partial charge is 0.340 e. The Labute approximate surface area is 116 Å². The molecule has 0 saturated heterocycles. The number of nitrogens with zero attached hydrogens (tertiary/aromatic N) is 2. The van der Waals surface area contributed by atoms with Crippen LogP contribution in [0.3, 0.4) is 0 Å². The van der Waals surface area contributed by atoms with Crippen molar-refractivity contribution < 1.29 is 0 Å². The Morgan fingerprint density at radius 2 is 1.74 bits per heavy atom. The summed E-state index contributed by atoms with van der Waals surface area (Å²) < 4.78 is 0. The maximum atomic E-state index is 5.78. The molecule has 0 saturated carbocycles. The van der Waals surface area contributed by atoms with Gasteiger partial charge in [-0.3, -0.25) is 0 Å². The summed E-state index contributed by atoms with van der Waals surface area (Å²) >= 11 is 5.78. The second kappa shape index (κ2) is 5.24. The van der Waals surface area contributed by atoms with Gasteiger partial charge in [-0.25, -0.2) is 9.97 Å². The molecule has 0 aliphatic carbocycles. The standard InChI is InChI=1S/C15H12ClN3/c16-9-11-5-7-12(8-6-11)19-15-13-3-1-2-4-14(13)17-10-18-15/h1-8,10H,9H2,(H,17,18,19). The molecule has 0 aliphatic heterocycles. The summed E-state index contributed by atoms with van der Waals surface area (Å²) in [6.07, 6.45) is 1.57. The van der Waals surface area contributed by atoms with Crippen LogP contribution in [0.5, 0.6) is 0 Å². The Balaban J connectivity index is 1.96. The number of aromatic nitrogens is 2. The molecule has 19 heavy (non-hydrogen) atoms. The van der Waals surface area contributed by atoms with Crippen LogP contribution < -0.4 is 5.32 Å². The van der Waals surface area contributed by atoms with Crippen molar-refractivity contribution in [1.29, 1.82) is 0 Å². The third kappa shape index (κ3) is 2.51. The number of benzene rings is 2. The smallest absolute Gasteiger partial charge is 0.141 e. The lowest BCUT2D eigenvalue weighted by Gasteiger charge is -2.08. The molecule has 0 atom stereocenters. The van der Waals surface area contributed by atoms with Crippen LogP contribution in [0.1, 0.15) is 5.56 Å². The predicted octanol–water partition coefficient (Wildman–Crippen LogP) is 4.11. The first-order chi connectivity index (χ1) is 9.36. The van der Waals surface area contributed by atoms with E-state index < -0.39 is 0 Å². The summed E-state index contributed by atoms with van der Waals surface area (Å²) in [6, 6.07) is 15.9. The predicted molar refractivity (Wildman–Crippen MR) is 78.8 cm³/mol. The Morgan fingerprint density at radius 1 is 0.947 bits per heavy atom. The quantitative estimate of drug-likeness (QED) is 0.727. The molecule has 0 amide bonds. The van der Waals surface area contributed by atoms with Gasteiger partial charge in [0.05, 0.1) is 5.52 Å². The van der Waals surface area contributed by atoms with E-state index >= 15 is 0 Å². The number of halogens is 1. The molecule has 0 bridgehead atoms. The van der Waals surface area contributed by atoms with Crippen molar-refractivity contribution in [3.05, 3.63) is 60.4 Å². The highest BCUT2D eigenvalue weighted by atomic mass is 35.5. The third-order valence-corrected chi connectivity index (χ3v) is 3.22. The molecule has 0 fully saturated rings. The second-order valence-electron chi connectivity index (χ2n) is 4.19. The van der Waals surface area contributed by atoms with Crippen LogP contribution >= 0.6 is 11.6 Å². The topological polar surface area (TPSA) is 37.8 Å². The van der Waals surface area contributed by atoms with E-state index in [-0.39, 0.29) is 0 Å². The maximum Gasteiger partial charge on any atom is 0.141 e. The highest BCUT2D eigenvalue weighted by Gasteiger charge is 2.03. The molecule has 0 radical (unpaired) electrons. The molecule has 1 aromatic heterocycles. The maximum absolute atomic E-state index is 5.78. The Hall–Kier alpha value is -2.13. The van der Waals surface area contributed by atoms with Gasteiger partial charge in [0.15, 0.2) is 0 Å². The van der Waals surface area contributed by atoms with Gasteiger partial charge in [-0.2, -0.15) is 0 Å². The van der Waals surface area contributed by atoms with Crippen LogP contribution in [0, 0.1) is 0 Å². The molecule has 1 heterocycles. The minimum atomic E-state index is 0.525. The molecule has 0 aliphatic rings. The lowest BCUT2D eigenvalue weighted by atomic mass is 10.2. The number of nitrogens with one attached hydrogen (secondary N) is 1. The Bertz CT molecular complexity index is 690. The number of hydrogen-bond acceptors (Lipinski definition) is 3. The molecule has 94 valence electrons. The number of anilines is 2. The molecule has 4 heteroatoms. The van der Waals surface area contributed by atoms with E-state index in [0.29, 0.717) is 5.88 Å². The summed E-state index contributed by atoms with van der Waals surface area (Å²) in [5.41, 5.74) is 3.01. The number of para-hydroxylation sites is 1. The monoisotopic (exact) mass is 269 g/mol. The molecule has 2 aromatic carbocycles. The van der Waals surface area contributed by atoms with Crippen LogP contribution in [0.2, 0.25) is 0 Å². The fourth-order valence-electron chi connectivity index (χ4n) is 1.92. The summed E-state index contributed by atoms with van der Waals surface area (Å²) in [4.78, 5) is 8.54. The van der Waals surface area contributed by atoms with Gasteiger partial charge in [0, 0.05) is 17.0 Å². The van der Waals surface area contributed by atoms with Crippen LogP contribution in [0.25, 0.3) is 10.9 Å². The molecule has 3 aromatic rings. The average Bonchev–Trinajstić information content (AvgIpc) is 2.48. The van der Waals surface area contributed by atoms with E-state index in [2.05, 4.69) is 15.3 Å². The van der Waals surface area contributed by atoms with E-state index in [1.54, 1.807) is 6.33 Å². The van der Waals surface area contributed by atoms with Crippen LogP contribution in [-0.2, 0) is 5.88 Å². The summed E-state index contributed by atoms with van der Waals surface area (Å²) in [6.45, 7) is 0. The van der Waals surface area contributed by atoms with E-state index in [1.807, 2.05) is 48.5 Å². The van der Waals surface area contributed by atoms with E-state index in [4.69, 9.17) is 11.6 Å². The van der Waals surface area contributed by atoms with Gasteiger partial charge in [-0.1, -0.05) is 24.3 Å². The van der Waals surface area contributed by atoms with Crippen LogP contribution in [-0.4, -0.2) is 9.97 Å². The number of hydrogen-bond donors (Lipinski definition) is 1. The minimum Gasteiger partial charge on any atom is -0.340 e. The van der Waals surface area contributed by atoms with Crippen molar-refractivity contribution in [3.8, 4) is 0 Å². The number of rotatable bonds is 3.